The highest BCUT2D eigenvalue weighted by Crippen LogP contribution is 2.36. The van der Waals surface area contributed by atoms with Crippen molar-refractivity contribution >= 4 is 19.8 Å². The predicted molar refractivity (Wildman–Crippen MR) is 197 cm³/mol. The molecule has 284 valence electrons. The van der Waals surface area contributed by atoms with E-state index in [-0.39, 0.29) is 19.4 Å². The molecule has 1 aliphatic heterocycles. The van der Waals surface area contributed by atoms with Crippen LogP contribution in [-0.2, 0) is 32.9 Å². The Morgan fingerprint density at radius 3 is 1.84 bits per heavy atom. The highest BCUT2D eigenvalue weighted by Gasteiger charge is 2.36. The Bertz CT molecular complexity index is 958. The lowest BCUT2D eigenvalue weighted by atomic mass is 10.1. The summed E-state index contributed by atoms with van der Waals surface area (Å²) in [7, 11) is -4.76. The molecule has 0 amide bonds. The predicted octanol–water partition coefficient (Wildman–Crippen LogP) is 10.4. The average molecular weight is 713 g/mol. The van der Waals surface area contributed by atoms with Crippen LogP contribution < -0.4 is 0 Å². The largest absolute Gasteiger partial charge is 0.469 e. The van der Waals surface area contributed by atoms with Crippen LogP contribution in [0.1, 0.15) is 168 Å². The van der Waals surface area contributed by atoms with Crippen LogP contribution in [0, 0.1) is 0 Å². The molecular weight excluding hydrogens is 643 g/mol. The number of ether oxygens (including phenoxy) is 3. The standard InChI is InChI=1S/C39H69O9P/c1-3-5-7-9-11-12-13-14-15-16-17-18-19-23-28-32-39(41)47-35(34-46-49(42,43)44)33-45-38(40)31-27-24-20-22-26-30-37-36(48-37)29-25-21-10-8-6-4-2/h12-15,21,25,35-37H,3-11,16-20,22-24,26-34H2,1-2H3,(H2,42,43,44)/b13-12-,15-14-,25-21-/t35-,36?,37?/m1/s1. The van der Waals surface area contributed by atoms with Crippen LogP contribution in [0.25, 0.3) is 0 Å². The maximum atomic E-state index is 12.4. The van der Waals surface area contributed by atoms with Gasteiger partial charge in [-0.25, -0.2) is 4.57 Å². The molecular formula is C39H69O9P. The number of carbonyl (C=O) groups is 2. The van der Waals surface area contributed by atoms with Crippen LogP contribution in [0.2, 0.25) is 0 Å². The van der Waals surface area contributed by atoms with Crippen LogP contribution in [-0.4, -0.2) is 53.3 Å². The first kappa shape index (κ1) is 45.3. The van der Waals surface area contributed by atoms with Gasteiger partial charge < -0.3 is 24.0 Å². The number of hydrogen-bond donors (Lipinski definition) is 2. The number of rotatable bonds is 34. The lowest BCUT2D eigenvalue weighted by Crippen LogP contribution is -2.29. The third-order valence-electron chi connectivity index (χ3n) is 8.58. The zero-order valence-electron chi connectivity index (χ0n) is 30.8. The van der Waals surface area contributed by atoms with Gasteiger partial charge in [0.25, 0.3) is 0 Å². The van der Waals surface area contributed by atoms with Gasteiger partial charge in [-0.2, -0.15) is 0 Å². The third kappa shape index (κ3) is 30.8. The summed E-state index contributed by atoms with van der Waals surface area (Å²) in [6.45, 7) is 3.59. The molecule has 9 nitrogen and oxygen atoms in total. The molecule has 0 aliphatic carbocycles. The Morgan fingerprint density at radius 1 is 0.653 bits per heavy atom. The Balaban J connectivity index is 2.11. The summed E-state index contributed by atoms with van der Waals surface area (Å²) in [4.78, 5) is 42.8. The first-order chi connectivity index (χ1) is 23.7. The van der Waals surface area contributed by atoms with E-state index in [2.05, 4.69) is 54.8 Å². The van der Waals surface area contributed by atoms with Gasteiger partial charge in [-0.05, 0) is 64.2 Å². The molecule has 1 heterocycles. The van der Waals surface area contributed by atoms with Gasteiger partial charge in [-0.1, -0.05) is 127 Å². The topological polar surface area (TPSA) is 132 Å². The molecule has 2 N–H and O–H groups in total. The van der Waals surface area contributed by atoms with Crippen LogP contribution in [0.15, 0.2) is 36.5 Å². The van der Waals surface area contributed by atoms with Crippen molar-refractivity contribution in [2.24, 2.45) is 0 Å². The monoisotopic (exact) mass is 712 g/mol. The second kappa shape index (κ2) is 31.0. The van der Waals surface area contributed by atoms with Crippen LogP contribution in [0.4, 0.5) is 0 Å². The normalized spacial score (nSPS) is 17.0. The van der Waals surface area contributed by atoms with Gasteiger partial charge in [-0.15, -0.1) is 0 Å². The number of phosphoric ester groups is 1. The molecule has 1 aliphatic rings. The van der Waals surface area contributed by atoms with Crippen molar-refractivity contribution in [2.75, 3.05) is 13.2 Å². The molecule has 1 rings (SSSR count). The quantitative estimate of drug-likeness (QED) is 0.0167. The number of hydrogen-bond acceptors (Lipinski definition) is 7. The first-order valence-electron chi connectivity index (χ1n) is 19.4. The Morgan fingerprint density at radius 2 is 1.18 bits per heavy atom. The molecule has 3 atom stereocenters. The fourth-order valence-corrected chi connectivity index (χ4v) is 5.91. The molecule has 0 aromatic heterocycles. The van der Waals surface area contributed by atoms with Crippen molar-refractivity contribution < 1.29 is 42.7 Å². The number of epoxide rings is 1. The molecule has 0 aromatic rings. The summed E-state index contributed by atoms with van der Waals surface area (Å²) in [6, 6.07) is 0. The first-order valence-corrected chi connectivity index (χ1v) is 21.0. The number of phosphoric acid groups is 1. The lowest BCUT2D eigenvalue weighted by molar-refractivity contribution is -0.161. The molecule has 0 bridgehead atoms. The van der Waals surface area contributed by atoms with Crippen LogP contribution >= 0.6 is 7.82 Å². The molecule has 0 radical (unpaired) electrons. The molecule has 49 heavy (non-hydrogen) atoms. The molecule has 10 heteroatoms. The summed E-state index contributed by atoms with van der Waals surface area (Å²) >= 11 is 0. The number of esters is 2. The van der Waals surface area contributed by atoms with E-state index in [1.807, 2.05) is 0 Å². The SMILES string of the molecule is CCCCC/C=C\CC1OC1CCCCCCCC(=O)OC[C@H](COP(=O)(O)O)OC(=O)CCCCCCC/C=C\C=C/CCCCCC. The van der Waals surface area contributed by atoms with Gasteiger partial charge in [0.05, 0.1) is 18.8 Å². The second-order valence-electron chi connectivity index (χ2n) is 13.3. The minimum Gasteiger partial charge on any atom is -0.462 e. The fraction of sp³-hybridized carbons (Fsp3) is 0.795. The molecule has 2 unspecified atom stereocenters. The van der Waals surface area contributed by atoms with Crippen molar-refractivity contribution in [3.63, 3.8) is 0 Å². The zero-order chi connectivity index (χ0) is 35.8. The Kier molecular flexibility index (Phi) is 28.6. The summed E-state index contributed by atoms with van der Waals surface area (Å²) in [6.07, 6.45) is 37.4. The third-order valence-corrected chi connectivity index (χ3v) is 9.07. The van der Waals surface area contributed by atoms with E-state index in [9.17, 15) is 14.2 Å². The highest BCUT2D eigenvalue weighted by atomic mass is 31.2. The lowest BCUT2D eigenvalue weighted by Gasteiger charge is -2.18. The summed E-state index contributed by atoms with van der Waals surface area (Å²) in [5.74, 6) is -0.927. The number of unbranched alkanes of at least 4 members (excludes halogenated alkanes) is 16. The van der Waals surface area contributed by atoms with Gasteiger partial charge in [0.2, 0.25) is 0 Å². The van der Waals surface area contributed by atoms with Gasteiger partial charge in [0, 0.05) is 12.8 Å². The van der Waals surface area contributed by atoms with Crippen molar-refractivity contribution in [2.45, 2.75) is 186 Å². The molecule has 0 spiro atoms. The Hall–Kier alpha value is -1.77. The molecule has 0 saturated carbocycles. The van der Waals surface area contributed by atoms with E-state index in [1.165, 1.54) is 44.9 Å². The Labute approximate surface area is 297 Å². The molecule has 1 saturated heterocycles. The maximum absolute atomic E-state index is 12.4. The smallest absolute Gasteiger partial charge is 0.462 e. The van der Waals surface area contributed by atoms with Crippen molar-refractivity contribution in [1.29, 1.82) is 0 Å². The average Bonchev–Trinajstić information content (AvgIpc) is 3.82. The zero-order valence-corrected chi connectivity index (χ0v) is 31.7. The number of allylic oxidation sites excluding steroid dienone is 5. The number of carbonyl (C=O) groups excluding carboxylic acids is 2. The summed E-state index contributed by atoms with van der Waals surface area (Å²) < 4.78 is 32.1. The van der Waals surface area contributed by atoms with Crippen molar-refractivity contribution in [3.8, 4) is 0 Å². The van der Waals surface area contributed by atoms with Gasteiger partial charge >= 0.3 is 19.8 Å². The second-order valence-corrected chi connectivity index (χ2v) is 14.6. The molecule has 1 fully saturated rings. The van der Waals surface area contributed by atoms with Gasteiger partial charge in [0.15, 0.2) is 6.10 Å². The van der Waals surface area contributed by atoms with Gasteiger partial charge in [0.1, 0.15) is 6.61 Å². The van der Waals surface area contributed by atoms with E-state index in [4.69, 9.17) is 24.0 Å². The van der Waals surface area contributed by atoms with E-state index in [0.29, 0.717) is 25.0 Å². The van der Waals surface area contributed by atoms with Gasteiger partial charge in [-0.3, -0.25) is 14.1 Å². The minimum absolute atomic E-state index is 0.188. The van der Waals surface area contributed by atoms with Crippen LogP contribution in [0.3, 0.4) is 0 Å². The van der Waals surface area contributed by atoms with Crippen molar-refractivity contribution in [1.82, 2.24) is 0 Å². The van der Waals surface area contributed by atoms with E-state index in [0.717, 1.165) is 83.5 Å². The van der Waals surface area contributed by atoms with E-state index >= 15 is 0 Å². The fourth-order valence-electron chi connectivity index (χ4n) is 5.55. The maximum Gasteiger partial charge on any atom is 0.469 e. The van der Waals surface area contributed by atoms with Crippen molar-refractivity contribution in [3.05, 3.63) is 36.5 Å². The summed E-state index contributed by atoms with van der Waals surface area (Å²) in [5.41, 5.74) is 0. The molecule has 0 aromatic carbocycles. The van der Waals surface area contributed by atoms with Crippen LogP contribution in [0.5, 0.6) is 0 Å². The van der Waals surface area contributed by atoms with E-state index < -0.39 is 32.5 Å². The van der Waals surface area contributed by atoms with E-state index in [1.54, 1.807) is 0 Å². The summed E-state index contributed by atoms with van der Waals surface area (Å²) in [5, 5.41) is 0. The highest BCUT2D eigenvalue weighted by molar-refractivity contribution is 7.46. The minimum atomic E-state index is -4.76.